The van der Waals surface area contributed by atoms with Gasteiger partial charge in [0.25, 0.3) is 0 Å². The molecule has 1 N–H and O–H groups in total. The van der Waals surface area contributed by atoms with Crippen molar-refractivity contribution < 1.29 is 22.3 Å². The number of anilines is 1. The molecule has 1 saturated heterocycles. The van der Waals surface area contributed by atoms with Crippen LogP contribution in [0.4, 0.5) is 10.1 Å². The van der Waals surface area contributed by atoms with E-state index in [4.69, 9.17) is 4.74 Å². The zero-order valence-corrected chi connectivity index (χ0v) is 19.3. The average Bonchev–Trinajstić information content (AvgIpc) is 2.94. The zero-order valence-electron chi connectivity index (χ0n) is 18.5. The third-order valence-corrected chi connectivity index (χ3v) is 6.69. The molecular weight excluding hydrogens is 433 g/mol. The minimum atomic E-state index is -3.36. The summed E-state index contributed by atoms with van der Waals surface area (Å²) < 4.78 is 45.2. The Balaban J connectivity index is 1.62. The fourth-order valence-electron chi connectivity index (χ4n) is 3.74. The Morgan fingerprint density at radius 3 is 2.62 bits per heavy atom. The summed E-state index contributed by atoms with van der Waals surface area (Å²) in [6, 6.07) is 14.0. The predicted octanol–water partition coefficient (Wildman–Crippen LogP) is 2.48. The molecule has 0 spiro atoms. The molecule has 0 bridgehead atoms. The lowest BCUT2D eigenvalue weighted by Gasteiger charge is -2.23. The van der Waals surface area contributed by atoms with Gasteiger partial charge in [-0.3, -0.25) is 9.69 Å². The predicted molar refractivity (Wildman–Crippen MR) is 122 cm³/mol. The van der Waals surface area contributed by atoms with Gasteiger partial charge < -0.3 is 10.1 Å². The van der Waals surface area contributed by atoms with Crippen LogP contribution in [0.5, 0.6) is 0 Å². The van der Waals surface area contributed by atoms with Gasteiger partial charge in [-0.05, 0) is 30.2 Å². The van der Waals surface area contributed by atoms with E-state index in [1.165, 1.54) is 22.7 Å². The molecule has 7 nitrogen and oxygen atoms in total. The topological polar surface area (TPSA) is 79.0 Å². The summed E-state index contributed by atoms with van der Waals surface area (Å²) in [6.07, 6.45) is 1.20. The first-order chi connectivity index (χ1) is 15.2. The van der Waals surface area contributed by atoms with Gasteiger partial charge >= 0.3 is 0 Å². The molecule has 3 rings (SSSR count). The van der Waals surface area contributed by atoms with E-state index in [1.54, 1.807) is 13.0 Å². The van der Waals surface area contributed by atoms with Gasteiger partial charge in [-0.15, -0.1) is 0 Å². The second-order valence-electron chi connectivity index (χ2n) is 8.23. The third kappa shape index (κ3) is 7.37. The first-order valence-electron chi connectivity index (χ1n) is 10.6. The highest BCUT2D eigenvalue weighted by molar-refractivity contribution is 7.88. The summed E-state index contributed by atoms with van der Waals surface area (Å²) in [4.78, 5) is 14.5. The summed E-state index contributed by atoms with van der Waals surface area (Å²) in [7, 11) is -3.36. The average molecular weight is 464 g/mol. The van der Waals surface area contributed by atoms with E-state index in [9.17, 15) is 17.6 Å². The molecule has 0 aromatic heterocycles. The van der Waals surface area contributed by atoms with E-state index in [1.807, 2.05) is 35.2 Å². The Kier molecular flexibility index (Phi) is 8.36. The molecule has 0 saturated carbocycles. The second kappa shape index (κ2) is 11.0. The van der Waals surface area contributed by atoms with Gasteiger partial charge in [-0.2, -0.15) is 0 Å². The molecule has 9 heteroatoms. The summed E-state index contributed by atoms with van der Waals surface area (Å²) in [5.74, 6) is -0.768. The summed E-state index contributed by atoms with van der Waals surface area (Å²) in [5.41, 5.74) is 2.25. The molecule has 32 heavy (non-hydrogen) atoms. The Morgan fingerprint density at radius 1 is 1.16 bits per heavy atom. The van der Waals surface area contributed by atoms with Crippen LogP contribution >= 0.6 is 0 Å². The fourth-order valence-corrected chi connectivity index (χ4v) is 4.63. The molecule has 1 amide bonds. The number of sulfonamides is 1. The van der Waals surface area contributed by atoms with Gasteiger partial charge in [0, 0.05) is 37.8 Å². The molecule has 0 unspecified atom stereocenters. The van der Waals surface area contributed by atoms with Crippen molar-refractivity contribution in [2.24, 2.45) is 5.92 Å². The van der Waals surface area contributed by atoms with E-state index in [0.717, 1.165) is 11.1 Å². The molecule has 1 fully saturated rings. The van der Waals surface area contributed by atoms with Gasteiger partial charge in [0.2, 0.25) is 15.9 Å². The lowest BCUT2D eigenvalue weighted by molar-refractivity contribution is -0.117. The Labute approximate surface area is 189 Å². The van der Waals surface area contributed by atoms with E-state index >= 15 is 0 Å². The van der Waals surface area contributed by atoms with E-state index in [-0.39, 0.29) is 18.4 Å². The van der Waals surface area contributed by atoms with Gasteiger partial charge in [0.1, 0.15) is 5.82 Å². The maximum absolute atomic E-state index is 13.5. The molecule has 1 heterocycles. The van der Waals surface area contributed by atoms with Crippen molar-refractivity contribution in [2.45, 2.75) is 13.5 Å². The number of benzene rings is 2. The highest BCUT2D eigenvalue weighted by Gasteiger charge is 2.28. The lowest BCUT2D eigenvalue weighted by Crippen LogP contribution is -2.38. The quantitative estimate of drug-likeness (QED) is 0.651. The van der Waals surface area contributed by atoms with E-state index in [2.05, 4.69) is 5.32 Å². The molecule has 1 atom stereocenters. The first-order valence-corrected chi connectivity index (χ1v) is 12.4. The number of carbonyl (C=O) groups is 1. The number of rotatable bonds is 8. The Bertz CT molecular complexity index is 1020. The summed E-state index contributed by atoms with van der Waals surface area (Å²) in [5, 5.41) is 2.76. The van der Waals surface area contributed by atoms with Gasteiger partial charge in [-0.1, -0.05) is 36.4 Å². The largest absolute Gasteiger partial charge is 0.376 e. The Hall–Kier alpha value is -2.33. The molecule has 2 aromatic carbocycles. The highest BCUT2D eigenvalue weighted by Crippen LogP contribution is 2.17. The van der Waals surface area contributed by atoms with Crippen molar-refractivity contribution >= 4 is 21.6 Å². The third-order valence-electron chi connectivity index (χ3n) is 5.42. The number of carbonyl (C=O) groups excluding carboxylic acids is 1. The van der Waals surface area contributed by atoms with Crippen LogP contribution in [0.1, 0.15) is 11.1 Å². The normalized spacial score (nSPS) is 18.3. The fraction of sp³-hybridized carbons (Fsp3) is 0.435. The highest BCUT2D eigenvalue weighted by atomic mass is 32.2. The van der Waals surface area contributed by atoms with Crippen molar-refractivity contribution in [1.82, 2.24) is 9.21 Å². The van der Waals surface area contributed by atoms with Gasteiger partial charge in [0.15, 0.2) is 0 Å². The van der Waals surface area contributed by atoms with Gasteiger partial charge in [0.05, 0.1) is 26.0 Å². The van der Waals surface area contributed by atoms with Crippen LogP contribution in [0, 0.1) is 18.7 Å². The molecule has 0 aliphatic carbocycles. The number of nitrogens with zero attached hydrogens (tertiary/aromatic N) is 2. The number of halogens is 1. The maximum Gasteiger partial charge on any atom is 0.238 e. The summed E-state index contributed by atoms with van der Waals surface area (Å²) >= 11 is 0. The minimum Gasteiger partial charge on any atom is -0.376 e. The molecule has 174 valence electrons. The monoisotopic (exact) mass is 463 g/mol. The number of aryl methyl sites for hydroxylation is 1. The van der Waals surface area contributed by atoms with Crippen LogP contribution in [-0.4, -0.2) is 69.1 Å². The Morgan fingerprint density at radius 2 is 1.91 bits per heavy atom. The van der Waals surface area contributed by atoms with E-state index in [0.29, 0.717) is 45.1 Å². The maximum atomic E-state index is 13.5. The number of hydrogen-bond donors (Lipinski definition) is 1. The van der Waals surface area contributed by atoms with Crippen LogP contribution < -0.4 is 5.32 Å². The molecule has 1 aliphatic rings. The number of amides is 1. The lowest BCUT2D eigenvalue weighted by atomic mass is 10.1. The molecule has 2 aromatic rings. The van der Waals surface area contributed by atoms with Crippen LogP contribution in [0.25, 0.3) is 0 Å². The van der Waals surface area contributed by atoms with Crippen LogP contribution in [0.15, 0.2) is 48.5 Å². The van der Waals surface area contributed by atoms with Crippen molar-refractivity contribution in [3.05, 3.63) is 65.5 Å². The SMILES string of the molecule is Cc1ccc(F)cc1NC(=O)CN1CCN(S(C)(=O)=O)C[C@H](COCc2ccccc2)C1. The second-order valence-corrected chi connectivity index (χ2v) is 10.2. The van der Waals surface area contributed by atoms with Crippen molar-refractivity contribution in [2.75, 3.05) is 50.9 Å². The van der Waals surface area contributed by atoms with Crippen molar-refractivity contribution in [3.63, 3.8) is 0 Å². The number of ether oxygens (including phenoxy) is 1. The van der Waals surface area contributed by atoms with Crippen molar-refractivity contribution in [1.29, 1.82) is 0 Å². The standard InChI is InChI=1S/C23H30FN3O4S/c1-18-8-9-21(24)12-22(18)25-23(28)15-26-10-11-27(32(2,29)30)14-20(13-26)17-31-16-19-6-4-3-5-7-19/h3-9,12,20H,10-11,13-17H2,1-2H3,(H,25,28)/t20-/m1/s1. The van der Waals surface area contributed by atoms with Crippen LogP contribution in [-0.2, 0) is 26.2 Å². The molecule has 1 aliphatic heterocycles. The zero-order chi connectivity index (χ0) is 23.1. The van der Waals surface area contributed by atoms with Gasteiger partial charge in [-0.25, -0.2) is 17.1 Å². The van der Waals surface area contributed by atoms with Crippen LogP contribution in [0.3, 0.4) is 0 Å². The number of hydrogen-bond acceptors (Lipinski definition) is 5. The first kappa shape index (κ1) is 24.3. The van der Waals surface area contributed by atoms with E-state index < -0.39 is 15.8 Å². The molecular formula is C23H30FN3O4S. The smallest absolute Gasteiger partial charge is 0.238 e. The number of nitrogens with one attached hydrogen (secondary N) is 1. The minimum absolute atomic E-state index is 0.0837. The van der Waals surface area contributed by atoms with Crippen LogP contribution in [0.2, 0.25) is 0 Å². The van der Waals surface area contributed by atoms with Crippen molar-refractivity contribution in [3.8, 4) is 0 Å². The summed E-state index contributed by atoms with van der Waals surface area (Å²) in [6.45, 7) is 4.30. The molecule has 0 radical (unpaired) electrons.